The number of anilines is 1. The second kappa shape index (κ2) is 8.55. The van der Waals surface area contributed by atoms with Crippen LogP contribution in [0.1, 0.15) is 50.4 Å². The number of nitrogens with two attached hydrogens (primary N) is 1. The summed E-state index contributed by atoms with van der Waals surface area (Å²) in [5.74, 6) is 3.17. The summed E-state index contributed by atoms with van der Waals surface area (Å²) >= 11 is -0.637. The first-order chi connectivity index (χ1) is 11.0. The van der Waals surface area contributed by atoms with Crippen LogP contribution in [0.5, 0.6) is 0 Å². The third-order valence-corrected chi connectivity index (χ3v) is 5.64. The monoisotopic (exact) mass is 336 g/mol. The molecule has 2 aromatic heterocycles. The molecule has 0 aliphatic carbocycles. The number of unbranched alkanes of at least 4 members (excludes halogenated alkanes) is 3. The molecule has 0 aliphatic heterocycles. The smallest absolute Gasteiger partial charge is 0.151 e. The molecule has 0 aliphatic rings. The Morgan fingerprint density at radius 3 is 2.65 bits per heavy atom. The average molecular weight is 337 g/mol. The first-order valence-electron chi connectivity index (χ1n) is 8.47. The van der Waals surface area contributed by atoms with Crippen molar-refractivity contribution in [1.29, 1.82) is 0 Å². The van der Waals surface area contributed by atoms with Gasteiger partial charge in [-0.15, -0.1) is 0 Å². The Labute approximate surface area is 141 Å². The van der Waals surface area contributed by atoms with E-state index < -0.39 is 11.2 Å². The van der Waals surface area contributed by atoms with Crippen LogP contribution in [0.2, 0.25) is 0 Å². The van der Waals surface area contributed by atoms with E-state index in [9.17, 15) is 4.55 Å². The molecule has 5 nitrogen and oxygen atoms in total. The van der Waals surface area contributed by atoms with Crippen molar-refractivity contribution in [2.75, 3.05) is 17.2 Å². The van der Waals surface area contributed by atoms with Crippen molar-refractivity contribution in [1.82, 2.24) is 14.5 Å². The molecule has 2 N–H and O–H groups in total. The van der Waals surface area contributed by atoms with Gasteiger partial charge in [-0.3, -0.25) is 0 Å². The summed E-state index contributed by atoms with van der Waals surface area (Å²) in [6.45, 7) is 7.12. The first kappa shape index (κ1) is 18.1. The van der Waals surface area contributed by atoms with E-state index in [1.165, 1.54) is 0 Å². The summed E-state index contributed by atoms with van der Waals surface area (Å²) in [6, 6.07) is 0. The number of hydrogen-bond acceptors (Lipinski definition) is 4. The van der Waals surface area contributed by atoms with E-state index >= 15 is 0 Å². The van der Waals surface area contributed by atoms with Gasteiger partial charge in [-0.25, -0.2) is 9.97 Å². The minimum Gasteiger partial charge on any atom is -0.616 e. The minimum atomic E-state index is -0.637. The van der Waals surface area contributed by atoms with Crippen LogP contribution >= 0.6 is 0 Å². The van der Waals surface area contributed by atoms with Crippen LogP contribution in [0.3, 0.4) is 0 Å². The van der Waals surface area contributed by atoms with Crippen LogP contribution < -0.4 is 5.73 Å². The number of nitrogens with zero attached hydrogens (tertiary/aromatic N) is 3. The Morgan fingerprint density at radius 2 is 1.91 bits per heavy atom. The molecule has 0 radical (unpaired) electrons. The largest absolute Gasteiger partial charge is 0.616 e. The van der Waals surface area contributed by atoms with Gasteiger partial charge in [0.05, 0.1) is 5.52 Å². The van der Waals surface area contributed by atoms with Crippen LogP contribution in [-0.2, 0) is 17.7 Å². The topological polar surface area (TPSA) is 79.8 Å². The number of rotatable bonds is 9. The molecule has 0 bridgehead atoms. The molecule has 2 heterocycles. The second-order valence-electron chi connectivity index (χ2n) is 6.10. The van der Waals surface area contributed by atoms with Crippen LogP contribution in [0, 0.1) is 13.8 Å². The van der Waals surface area contributed by atoms with Crippen molar-refractivity contribution in [2.24, 2.45) is 0 Å². The van der Waals surface area contributed by atoms with Gasteiger partial charge >= 0.3 is 0 Å². The lowest BCUT2D eigenvalue weighted by atomic mass is 10.2. The zero-order valence-corrected chi connectivity index (χ0v) is 15.3. The maximum atomic E-state index is 11.8. The Bertz CT molecular complexity index is 641. The lowest BCUT2D eigenvalue weighted by Crippen LogP contribution is -2.11. The SMILES string of the molecule is CCCC[S+]([O-])CCCCCn1c(C)nc2c(N)ncc(C)c21. The average Bonchev–Trinajstić information content (AvgIpc) is 2.86. The summed E-state index contributed by atoms with van der Waals surface area (Å²) in [5.41, 5.74) is 8.95. The molecule has 0 amide bonds. The third-order valence-electron chi connectivity index (χ3n) is 4.15. The molecule has 0 spiro atoms. The molecule has 0 fully saturated rings. The summed E-state index contributed by atoms with van der Waals surface area (Å²) in [6.07, 6.45) is 7.20. The number of aryl methyl sites for hydroxylation is 3. The number of pyridine rings is 1. The number of imidazole rings is 1. The van der Waals surface area contributed by atoms with Gasteiger partial charge in [0.1, 0.15) is 22.8 Å². The van der Waals surface area contributed by atoms with Crippen LogP contribution in [0.4, 0.5) is 5.82 Å². The standard InChI is InChI=1S/C17H28N4OS/c1-4-5-10-23(22)11-8-6-7-9-21-14(3)20-15-16(21)13(2)12-19-17(15)18/h12H,4-11H2,1-3H3,(H2,18,19). The number of aromatic nitrogens is 3. The van der Waals surface area contributed by atoms with Crippen molar-refractivity contribution >= 4 is 28.0 Å². The quantitative estimate of drug-likeness (QED) is 0.562. The molecule has 128 valence electrons. The third kappa shape index (κ3) is 4.61. The van der Waals surface area contributed by atoms with Crippen molar-refractivity contribution in [3.8, 4) is 0 Å². The number of fused-ring (bicyclic) bond motifs is 1. The highest BCUT2D eigenvalue weighted by molar-refractivity contribution is 7.91. The summed E-state index contributed by atoms with van der Waals surface area (Å²) in [7, 11) is 0. The fraction of sp³-hybridized carbons (Fsp3) is 0.647. The second-order valence-corrected chi connectivity index (χ2v) is 7.79. The van der Waals surface area contributed by atoms with Gasteiger partial charge in [-0.05, 0) is 45.1 Å². The summed E-state index contributed by atoms with van der Waals surface area (Å²) in [5, 5.41) is 0. The molecule has 0 saturated carbocycles. The van der Waals surface area contributed by atoms with E-state index in [4.69, 9.17) is 5.73 Å². The molecular formula is C17H28N4OS. The highest BCUT2D eigenvalue weighted by atomic mass is 32.2. The van der Waals surface area contributed by atoms with Crippen molar-refractivity contribution in [3.05, 3.63) is 17.6 Å². The maximum absolute atomic E-state index is 11.8. The van der Waals surface area contributed by atoms with Gasteiger partial charge in [0, 0.05) is 12.7 Å². The molecule has 2 aromatic rings. The number of hydrogen-bond donors (Lipinski definition) is 1. The lowest BCUT2D eigenvalue weighted by Gasteiger charge is -2.11. The van der Waals surface area contributed by atoms with Crippen LogP contribution in [-0.4, -0.2) is 30.6 Å². The molecule has 6 heteroatoms. The Balaban J connectivity index is 1.88. The first-order valence-corrected chi connectivity index (χ1v) is 9.96. The lowest BCUT2D eigenvalue weighted by molar-refractivity contribution is 0.574. The summed E-state index contributed by atoms with van der Waals surface area (Å²) in [4.78, 5) is 8.74. The van der Waals surface area contributed by atoms with Crippen LogP contribution in [0.15, 0.2) is 6.20 Å². The van der Waals surface area contributed by atoms with E-state index in [-0.39, 0.29) is 0 Å². The van der Waals surface area contributed by atoms with Crippen molar-refractivity contribution in [2.45, 2.75) is 59.4 Å². The fourth-order valence-electron chi connectivity index (χ4n) is 2.82. The van der Waals surface area contributed by atoms with Gasteiger partial charge in [0.25, 0.3) is 0 Å². The predicted octanol–water partition coefficient (Wildman–Crippen LogP) is 3.35. The maximum Gasteiger partial charge on any atom is 0.151 e. The minimum absolute atomic E-state index is 0.499. The van der Waals surface area contributed by atoms with Crippen molar-refractivity contribution < 1.29 is 4.55 Å². The van der Waals surface area contributed by atoms with Gasteiger partial charge in [0.2, 0.25) is 0 Å². The Morgan fingerprint density at radius 1 is 1.17 bits per heavy atom. The van der Waals surface area contributed by atoms with Gasteiger partial charge < -0.3 is 14.9 Å². The molecule has 0 aromatic carbocycles. The van der Waals surface area contributed by atoms with E-state index in [1.807, 2.05) is 20.0 Å². The zero-order valence-electron chi connectivity index (χ0n) is 14.5. The molecule has 1 atom stereocenters. The molecule has 1 unspecified atom stereocenters. The number of nitrogen functional groups attached to an aromatic ring is 1. The highest BCUT2D eigenvalue weighted by Gasteiger charge is 2.13. The van der Waals surface area contributed by atoms with Gasteiger partial charge in [-0.1, -0.05) is 24.5 Å². The summed E-state index contributed by atoms with van der Waals surface area (Å²) < 4.78 is 14.0. The van der Waals surface area contributed by atoms with Gasteiger partial charge in [0.15, 0.2) is 5.82 Å². The molecule has 0 saturated heterocycles. The Kier molecular flexibility index (Phi) is 6.72. The van der Waals surface area contributed by atoms with Crippen LogP contribution in [0.25, 0.3) is 11.0 Å². The van der Waals surface area contributed by atoms with E-state index in [1.54, 1.807) is 0 Å². The van der Waals surface area contributed by atoms with E-state index in [0.29, 0.717) is 5.82 Å². The predicted molar refractivity (Wildman–Crippen MR) is 98.0 cm³/mol. The van der Waals surface area contributed by atoms with E-state index in [2.05, 4.69) is 21.5 Å². The Hall–Kier alpha value is -1.27. The highest BCUT2D eigenvalue weighted by Crippen LogP contribution is 2.23. The molecule has 23 heavy (non-hydrogen) atoms. The van der Waals surface area contributed by atoms with E-state index in [0.717, 1.165) is 72.6 Å². The molecular weight excluding hydrogens is 308 g/mol. The fourth-order valence-corrected chi connectivity index (χ4v) is 4.16. The normalized spacial score (nSPS) is 12.9. The zero-order chi connectivity index (χ0) is 16.8. The molecule has 2 rings (SSSR count). The van der Waals surface area contributed by atoms with Gasteiger partial charge in [-0.2, -0.15) is 0 Å². The van der Waals surface area contributed by atoms with Crippen molar-refractivity contribution in [3.63, 3.8) is 0 Å².